The molecule has 3 aromatic rings. The number of thioether (sulfide) groups is 1. The number of amides is 4. The zero-order chi connectivity index (χ0) is 24.6. The summed E-state index contributed by atoms with van der Waals surface area (Å²) in [5, 5.41) is 2.89. The van der Waals surface area contributed by atoms with Gasteiger partial charge in [0.1, 0.15) is 12.1 Å². The Hall–Kier alpha value is -3.58. The van der Waals surface area contributed by atoms with E-state index in [0.29, 0.717) is 12.2 Å². The number of urea groups is 1. The number of nitrogens with zero attached hydrogens (tertiary/aromatic N) is 2. The van der Waals surface area contributed by atoms with E-state index in [1.54, 1.807) is 16.7 Å². The van der Waals surface area contributed by atoms with Crippen molar-refractivity contribution in [2.45, 2.75) is 36.7 Å². The van der Waals surface area contributed by atoms with Crippen molar-refractivity contribution in [3.63, 3.8) is 0 Å². The van der Waals surface area contributed by atoms with Gasteiger partial charge in [-0.3, -0.25) is 14.5 Å². The Labute approximate surface area is 209 Å². The minimum absolute atomic E-state index is 0.197. The van der Waals surface area contributed by atoms with E-state index in [2.05, 4.69) is 5.32 Å². The highest BCUT2D eigenvalue weighted by Crippen LogP contribution is 2.43. The smallest absolute Gasteiger partial charge is 0.319 e. The van der Waals surface area contributed by atoms with Gasteiger partial charge >= 0.3 is 6.03 Å². The molecule has 2 atom stereocenters. The van der Waals surface area contributed by atoms with Crippen LogP contribution in [0.1, 0.15) is 36.1 Å². The summed E-state index contributed by atoms with van der Waals surface area (Å²) in [7, 11) is 0. The molecule has 2 heterocycles. The second-order valence-corrected chi connectivity index (χ2v) is 9.98. The number of rotatable bonds is 5. The fraction of sp³-hybridized carbons (Fsp3) is 0.250. The molecule has 1 saturated heterocycles. The standard InChI is InChI=1S/C28H27N3O3S/c1-3-28(21-15-13-19(2)14-16-21)26(33)30(27(34)29-28)17-25(32)31-22-11-7-8-12-24(22)35-18-23(31)20-9-5-4-6-10-20/h4-16,23H,3,17-18H2,1-2H3,(H,29,34)/t23-,28+/m1/s1. The Morgan fingerprint density at radius 1 is 1.00 bits per heavy atom. The normalized spacial score (nSPS) is 21.6. The van der Waals surface area contributed by atoms with Gasteiger partial charge in [-0.05, 0) is 36.6 Å². The van der Waals surface area contributed by atoms with Gasteiger partial charge in [0.05, 0.1) is 11.7 Å². The van der Waals surface area contributed by atoms with Gasteiger partial charge in [-0.2, -0.15) is 0 Å². The van der Waals surface area contributed by atoms with Crippen molar-refractivity contribution < 1.29 is 14.4 Å². The van der Waals surface area contributed by atoms with Crippen molar-refractivity contribution in [1.29, 1.82) is 0 Å². The number of carbonyl (C=O) groups excluding carboxylic acids is 3. The molecule has 3 aromatic carbocycles. The number of hydrogen-bond acceptors (Lipinski definition) is 4. The summed E-state index contributed by atoms with van der Waals surface area (Å²) in [6.07, 6.45) is 0.390. The van der Waals surface area contributed by atoms with E-state index in [4.69, 9.17) is 0 Å². The summed E-state index contributed by atoms with van der Waals surface area (Å²) in [5.41, 5.74) is 2.44. The zero-order valence-electron chi connectivity index (χ0n) is 19.7. The number of aryl methyl sites for hydroxylation is 1. The third-order valence-electron chi connectivity index (χ3n) is 6.83. The zero-order valence-corrected chi connectivity index (χ0v) is 20.5. The molecule has 0 radical (unpaired) electrons. The van der Waals surface area contributed by atoms with Gasteiger partial charge in [0, 0.05) is 10.6 Å². The molecular formula is C28H27N3O3S. The Morgan fingerprint density at radius 3 is 2.40 bits per heavy atom. The maximum absolute atomic E-state index is 13.8. The lowest BCUT2D eigenvalue weighted by Gasteiger charge is -2.37. The topological polar surface area (TPSA) is 69.7 Å². The summed E-state index contributed by atoms with van der Waals surface area (Å²) in [6.45, 7) is 3.52. The molecule has 5 rings (SSSR count). The molecule has 0 unspecified atom stereocenters. The van der Waals surface area contributed by atoms with Crippen molar-refractivity contribution >= 4 is 35.3 Å². The van der Waals surface area contributed by atoms with E-state index in [0.717, 1.165) is 32.2 Å². The van der Waals surface area contributed by atoms with Gasteiger partial charge in [0.15, 0.2) is 0 Å². The molecule has 0 saturated carbocycles. The third-order valence-corrected chi connectivity index (χ3v) is 7.97. The van der Waals surface area contributed by atoms with E-state index in [9.17, 15) is 14.4 Å². The van der Waals surface area contributed by atoms with E-state index in [1.165, 1.54) is 0 Å². The maximum atomic E-state index is 13.8. The molecule has 0 spiro atoms. The molecule has 35 heavy (non-hydrogen) atoms. The number of benzene rings is 3. The third kappa shape index (κ3) is 4.00. The summed E-state index contributed by atoms with van der Waals surface area (Å²) >= 11 is 1.70. The molecule has 2 aliphatic rings. The van der Waals surface area contributed by atoms with Gasteiger partial charge in [0.2, 0.25) is 5.91 Å². The van der Waals surface area contributed by atoms with Crippen LogP contribution in [0.5, 0.6) is 0 Å². The minimum atomic E-state index is -1.17. The van der Waals surface area contributed by atoms with Gasteiger partial charge in [-0.25, -0.2) is 4.79 Å². The molecule has 0 aliphatic carbocycles. The molecule has 178 valence electrons. The number of fused-ring (bicyclic) bond motifs is 1. The molecule has 6 nitrogen and oxygen atoms in total. The van der Waals surface area contributed by atoms with Crippen LogP contribution in [0.2, 0.25) is 0 Å². The predicted molar refractivity (Wildman–Crippen MR) is 137 cm³/mol. The number of hydrogen-bond donors (Lipinski definition) is 1. The predicted octanol–water partition coefficient (Wildman–Crippen LogP) is 5.03. The Morgan fingerprint density at radius 2 is 1.69 bits per heavy atom. The summed E-state index contributed by atoms with van der Waals surface area (Å²) in [5.74, 6) is 0.0128. The van der Waals surface area contributed by atoms with Gasteiger partial charge in [0.25, 0.3) is 5.91 Å². The SMILES string of the molecule is CC[C@@]1(c2ccc(C)cc2)NC(=O)N(CC(=O)N2c3ccccc3SC[C@@H]2c2ccccc2)C1=O. The molecule has 0 aromatic heterocycles. The number of anilines is 1. The first kappa shape index (κ1) is 23.2. The van der Waals surface area contributed by atoms with Gasteiger partial charge in [-0.15, -0.1) is 11.8 Å². The van der Waals surface area contributed by atoms with Gasteiger partial charge < -0.3 is 10.2 Å². The number of nitrogens with one attached hydrogen (secondary N) is 1. The van der Waals surface area contributed by atoms with E-state index >= 15 is 0 Å². The average Bonchev–Trinajstić information content (AvgIpc) is 3.14. The summed E-state index contributed by atoms with van der Waals surface area (Å²) in [6, 6.07) is 24.5. The number of para-hydroxylation sites is 1. The fourth-order valence-corrected chi connectivity index (χ4v) is 6.04. The second kappa shape index (κ2) is 9.23. The fourth-order valence-electron chi connectivity index (χ4n) is 4.88. The van der Waals surface area contributed by atoms with Gasteiger partial charge in [-0.1, -0.05) is 79.2 Å². The van der Waals surface area contributed by atoms with Crippen LogP contribution in [-0.4, -0.2) is 35.0 Å². The van der Waals surface area contributed by atoms with Crippen LogP contribution in [0.4, 0.5) is 10.5 Å². The highest BCUT2D eigenvalue weighted by molar-refractivity contribution is 7.99. The molecule has 2 aliphatic heterocycles. The van der Waals surface area contributed by atoms with Crippen molar-refractivity contribution in [2.75, 3.05) is 17.2 Å². The van der Waals surface area contributed by atoms with Crippen LogP contribution >= 0.6 is 11.8 Å². The van der Waals surface area contributed by atoms with E-state index in [-0.39, 0.29) is 18.5 Å². The summed E-state index contributed by atoms with van der Waals surface area (Å²) in [4.78, 5) is 44.3. The molecule has 1 N–H and O–H groups in total. The van der Waals surface area contributed by atoms with Crippen molar-refractivity contribution in [2.24, 2.45) is 0 Å². The first-order valence-electron chi connectivity index (χ1n) is 11.7. The monoisotopic (exact) mass is 485 g/mol. The highest BCUT2D eigenvalue weighted by Gasteiger charge is 2.52. The lowest BCUT2D eigenvalue weighted by atomic mass is 9.86. The van der Waals surface area contributed by atoms with E-state index < -0.39 is 17.5 Å². The highest BCUT2D eigenvalue weighted by atomic mass is 32.2. The lowest BCUT2D eigenvalue weighted by Crippen LogP contribution is -2.47. The van der Waals surface area contributed by atoms with E-state index in [1.807, 2.05) is 92.7 Å². The molecule has 4 amide bonds. The Kier molecular flexibility index (Phi) is 6.11. The Balaban J connectivity index is 1.47. The molecule has 0 bridgehead atoms. The van der Waals surface area contributed by atoms with Crippen LogP contribution in [0.3, 0.4) is 0 Å². The molecule has 7 heteroatoms. The lowest BCUT2D eigenvalue weighted by molar-refractivity contribution is -0.134. The van der Waals surface area contributed by atoms with Crippen LogP contribution < -0.4 is 10.2 Å². The number of imide groups is 1. The maximum Gasteiger partial charge on any atom is 0.325 e. The van der Waals surface area contributed by atoms with Crippen LogP contribution in [0.15, 0.2) is 83.8 Å². The second-order valence-electron chi connectivity index (χ2n) is 8.92. The quantitative estimate of drug-likeness (QED) is 0.515. The van der Waals surface area contributed by atoms with Crippen molar-refractivity contribution in [1.82, 2.24) is 10.2 Å². The van der Waals surface area contributed by atoms with Crippen LogP contribution in [-0.2, 0) is 15.1 Å². The van der Waals surface area contributed by atoms with Crippen molar-refractivity contribution in [3.05, 3.63) is 95.6 Å². The number of carbonyl (C=O) groups is 3. The largest absolute Gasteiger partial charge is 0.325 e. The molecule has 1 fully saturated rings. The van der Waals surface area contributed by atoms with Crippen molar-refractivity contribution in [3.8, 4) is 0 Å². The van der Waals surface area contributed by atoms with Crippen LogP contribution in [0, 0.1) is 6.92 Å². The van der Waals surface area contributed by atoms with Crippen LogP contribution in [0.25, 0.3) is 0 Å². The molecular weight excluding hydrogens is 458 g/mol. The average molecular weight is 486 g/mol. The summed E-state index contributed by atoms with van der Waals surface area (Å²) < 4.78 is 0. The first-order chi connectivity index (χ1) is 16.9. The minimum Gasteiger partial charge on any atom is -0.319 e. The first-order valence-corrected chi connectivity index (χ1v) is 12.7. The Bertz CT molecular complexity index is 1280.